The van der Waals surface area contributed by atoms with Crippen LogP contribution in [0.15, 0.2) is 29.3 Å². The fraction of sp³-hybridized carbons (Fsp3) is 0.250. The molecule has 0 amide bonds. The maximum atomic E-state index is 12.3. The molecule has 2 N–H and O–H groups in total. The zero-order valence-electron chi connectivity index (χ0n) is 12.8. The number of aromatic nitrogens is 4. The lowest BCUT2D eigenvalue weighted by Gasteiger charge is -2.15. The first-order valence-electron chi connectivity index (χ1n) is 7.36. The number of nitrogens with one attached hydrogen (secondary N) is 1. The van der Waals surface area contributed by atoms with Gasteiger partial charge in [-0.2, -0.15) is 5.26 Å². The van der Waals surface area contributed by atoms with Gasteiger partial charge in [0.25, 0.3) is 0 Å². The van der Waals surface area contributed by atoms with E-state index in [0.29, 0.717) is 39.4 Å². The van der Waals surface area contributed by atoms with Crippen LogP contribution in [0, 0.1) is 11.3 Å². The quantitative estimate of drug-likeness (QED) is 0.755. The molecule has 1 atom stereocenters. The molecule has 0 unspecified atom stereocenters. The number of nitrogens with zero attached hydrogens (tertiary/aromatic N) is 4. The molecule has 7 nitrogen and oxygen atoms in total. The van der Waals surface area contributed by atoms with E-state index in [-0.39, 0.29) is 12.3 Å². The van der Waals surface area contributed by atoms with Crippen molar-refractivity contribution >= 4 is 22.8 Å². The molecule has 0 saturated heterocycles. The lowest BCUT2D eigenvalue weighted by Crippen LogP contribution is -2.24. The van der Waals surface area contributed by atoms with Crippen molar-refractivity contribution in [2.75, 3.05) is 6.61 Å². The zero-order chi connectivity index (χ0) is 17.3. The van der Waals surface area contributed by atoms with Crippen molar-refractivity contribution in [3.05, 3.63) is 45.6 Å². The highest BCUT2D eigenvalue weighted by molar-refractivity contribution is 6.34. The van der Waals surface area contributed by atoms with E-state index in [2.05, 4.69) is 15.0 Å². The Hall–Kier alpha value is -2.69. The number of fused-ring (bicyclic) bond motifs is 1. The number of H-pyrrole nitrogens is 1. The van der Waals surface area contributed by atoms with Crippen LogP contribution in [0.1, 0.15) is 24.9 Å². The van der Waals surface area contributed by atoms with E-state index in [0.717, 1.165) is 0 Å². The molecule has 0 aliphatic heterocycles. The second kappa shape index (κ2) is 6.43. The summed E-state index contributed by atoms with van der Waals surface area (Å²) >= 11 is 6.32. The Labute approximate surface area is 142 Å². The summed E-state index contributed by atoms with van der Waals surface area (Å²) in [5.41, 5.74) is 1.98. The summed E-state index contributed by atoms with van der Waals surface area (Å²) in [4.78, 5) is 23.5. The molecule has 24 heavy (non-hydrogen) atoms. The van der Waals surface area contributed by atoms with Crippen molar-refractivity contribution < 1.29 is 5.11 Å². The van der Waals surface area contributed by atoms with Gasteiger partial charge >= 0.3 is 5.69 Å². The molecule has 0 saturated carbocycles. The lowest BCUT2D eigenvalue weighted by molar-refractivity contribution is 0.225. The van der Waals surface area contributed by atoms with Gasteiger partial charge in [0.15, 0.2) is 5.65 Å². The number of halogens is 1. The van der Waals surface area contributed by atoms with Crippen molar-refractivity contribution in [3.8, 4) is 17.3 Å². The fourth-order valence-electron chi connectivity index (χ4n) is 2.66. The molecular formula is C16H14ClN5O2. The standard InChI is InChI=1S/C16H14ClN5O2/c1-2-10(8-23)22-14-13(12-4-3-9(5-18)6-19-12)11(17)7-20-15(14)21-16(22)24/h3-4,6-7,10,23H,2,8H2,1H3,(H,20,21,24)/t10-/m0/s1. The summed E-state index contributed by atoms with van der Waals surface area (Å²) in [6.07, 6.45) is 3.45. The lowest BCUT2D eigenvalue weighted by atomic mass is 10.1. The van der Waals surface area contributed by atoms with E-state index in [1.54, 1.807) is 12.1 Å². The minimum Gasteiger partial charge on any atom is -0.394 e. The molecule has 0 aliphatic carbocycles. The summed E-state index contributed by atoms with van der Waals surface area (Å²) in [6.45, 7) is 1.69. The van der Waals surface area contributed by atoms with Crippen LogP contribution in [0.25, 0.3) is 22.4 Å². The third-order valence-corrected chi connectivity index (χ3v) is 4.17. The van der Waals surface area contributed by atoms with Crippen molar-refractivity contribution in [1.82, 2.24) is 19.5 Å². The summed E-state index contributed by atoms with van der Waals surface area (Å²) in [5, 5.41) is 18.8. The number of imidazole rings is 1. The molecular weight excluding hydrogens is 330 g/mol. The van der Waals surface area contributed by atoms with Crippen LogP contribution in [0.4, 0.5) is 0 Å². The normalized spacial score (nSPS) is 12.2. The van der Waals surface area contributed by atoms with E-state index in [1.807, 2.05) is 13.0 Å². The van der Waals surface area contributed by atoms with Crippen LogP contribution < -0.4 is 5.69 Å². The van der Waals surface area contributed by atoms with Crippen LogP contribution in [-0.2, 0) is 0 Å². The van der Waals surface area contributed by atoms with Gasteiger partial charge in [0.1, 0.15) is 6.07 Å². The minimum absolute atomic E-state index is 0.184. The number of pyridine rings is 2. The predicted octanol–water partition coefficient (Wildman–Crippen LogP) is 2.26. The molecule has 0 radical (unpaired) electrons. The van der Waals surface area contributed by atoms with Crippen molar-refractivity contribution in [2.24, 2.45) is 0 Å². The molecule has 3 heterocycles. The highest BCUT2D eigenvalue weighted by Crippen LogP contribution is 2.33. The number of aliphatic hydroxyl groups excluding tert-OH is 1. The Morgan fingerprint density at radius 2 is 2.21 bits per heavy atom. The monoisotopic (exact) mass is 343 g/mol. The summed E-state index contributed by atoms with van der Waals surface area (Å²) in [7, 11) is 0. The van der Waals surface area contributed by atoms with Crippen molar-refractivity contribution in [2.45, 2.75) is 19.4 Å². The third-order valence-electron chi connectivity index (χ3n) is 3.89. The number of rotatable bonds is 4. The molecule has 3 aromatic heterocycles. The number of nitriles is 1. The Balaban J connectivity index is 2.36. The summed E-state index contributed by atoms with van der Waals surface area (Å²) < 4.78 is 1.46. The van der Waals surface area contributed by atoms with Crippen LogP contribution >= 0.6 is 11.6 Å². The van der Waals surface area contributed by atoms with E-state index < -0.39 is 6.04 Å². The Kier molecular flexibility index (Phi) is 4.34. The Bertz CT molecular complexity index is 981. The van der Waals surface area contributed by atoms with Gasteiger partial charge in [-0.3, -0.25) is 14.5 Å². The molecule has 0 fully saturated rings. The Morgan fingerprint density at radius 1 is 1.42 bits per heavy atom. The average molecular weight is 344 g/mol. The first kappa shape index (κ1) is 16.2. The van der Waals surface area contributed by atoms with Crippen molar-refractivity contribution in [3.63, 3.8) is 0 Å². The number of aromatic amines is 1. The topological polar surface area (TPSA) is 108 Å². The number of hydrogen-bond acceptors (Lipinski definition) is 5. The molecule has 0 aromatic carbocycles. The molecule has 0 spiro atoms. The SMILES string of the molecule is CC[C@@H](CO)n1c(=O)[nH]c2ncc(Cl)c(-c3ccc(C#N)cn3)c21. The van der Waals surface area contributed by atoms with E-state index in [9.17, 15) is 9.90 Å². The number of hydrogen-bond donors (Lipinski definition) is 2. The second-order valence-electron chi connectivity index (χ2n) is 5.27. The molecule has 3 aromatic rings. The first-order chi connectivity index (χ1) is 11.6. The molecule has 0 aliphatic rings. The highest BCUT2D eigenvalue weighted by Gasteiger charge is 2.21. The highest BCUT2D eigenvalue weighted by atomic mass is 35.5. The zero-order valence-corrected chi connectivity index (χ0v) is 13.6. The van der Waals surface area contributed by atoms with Gasteiger partial charge in [0, 0.05) is 18.0 Å². The largest absolute Gasteiger partial charge is 0.394 e. The van der Waals surface area contributed by atoms with Gasteiger partial charge in [-0.15, -0.1) is 0 Å². The number of aliphatic hydroxyl groups is 1. The molecule has 0 bridgehead atoms. The van der Waals surface area contributed by atoms with Gasteiger partial charge in [-0.05, 0) is 18.6 Å². The Morgan fingerprint density at radius 3 is 2.79 bits per heavy atom. The van der Waals surface area contributed by atoms with Crippen LogP contribution in [0.3, 0.4) is 0 Å². The van der Waals surface area contributed by atoms with Gasteiger partial charge in [-0.25, -0.2) is 9.78 Å². The molecule has 8 heteroatoms. The second-order valence-corrected chi connectivity index (χ2v) is 5.67. The summed E-state index contributed by atoms with van der Waals surface area (Å²) in [5.74, 6) is 0. The third kappa shape index (κ3) is 2.56. The van der Waals surface area contributed by atoms with E-state index in [4.69, 9.17) is 16.9 Å². The summed E-state index contributed by atoms with van der Waals surface area (Å²) in [6, 6.07) is 4.90. The van der Waals surface area contributed by atoms with E-state index >= 15 is 0 Å². The minimum atomic E-state index is -0.399. The van der Waals surface area contributed by atoms with Crippen LogP contribution in [-0.4, -0.2) is 31.2 Å². The first-order valence-corrected chi connectivity index (χ1v) is 7.74. The average Bonchev–Trinajstić information content (AvgIpc) is 2.93. The van der Waals surface area contributed by atoms with Gasteiger partial charge in [-0.1, -0.05) is 18.5 Å². The smallest absolute Gasteiger partial charge is 0.328 e. The van der Waals surface area contributed by atoms with Crippen LogP contribution in [0.5, 0.6) is 0 Å². The van der Waals surface area contributed by atoms with Gasteiger partial charge < -0.3 is 5.11 Å². The van der Waals surface area contributed by atoms with Gasteiger partial charge in [0.2, 0.25) is 0 Å². The fourth-order valence-corrected chi connectivity index (χ4v) is 2.90. The van der Waals surface area contributed by atoms with Crippen LogP contribution in [0.2, 0.25) is 5.02 Å². The molecule has 3 rings (SSSR count). The predicted molar refractivity (Wildman–Crippen MR) is 89.7 cm³/mol. The maximum Gasteiger partial charge on any atom is 0.328 e. The van der Waals surface area contributed by atoms with E-state index in [1.165, 1.54) is 17.0 Å². The van der Waals surface area contributed by atoms with Crippen molar-refractivity contribution in [1.29, 1.82) is 5.26 Å². The van der Waals surface area contributed by atoms with Gasteiger partial charge in [0.05, 0.1) is 34.4 Å². The molecule has 122 valence electrons. The maximum absolute atomic E-state index is 12.3.